The minimum atomic E-state index is -0.211. The van der Waals surface area contributed by atoms with Crippen LogP contribution >= 0.6 is 23.2 Å². The van der Waals surface area contributed by atoms with Gasteiger partial charge in [-0.25, -0.2) is 4.98 Å². The molecular formula is C10H6Cl2N2O. The van der Waals surface area contributed by atoms with Crippen molar-refractivity contribution in [3.63, 3.8) is 0 Å². The molecule has 0 aliphatic carbocycles. The van der Waals surface area contributed by atoms with E-state index in [1.807, 2.05) is 0 Å². The SMILES string of the molecule is O=C(c1cc(Cl)cc(Cl)c1)n1ccnc1. The van der Waals surface area contributed by atoms with Crippen molar-refractivity contribution in [1.82, 2.24) is 9.55 Å². The largest absolute Gasteiger partial charge is 0.272 e. The Labute approximate surface area is 96.3 Å². The molecule has 0 unspecified atom stereocenters. The van der Waals surface area contributed by atoms with Crippen LogP contribution in [0.3, 0.4) is 0 Å². The van der Waals surface area contributed by atoms with Crippen LogP contribution < -0.4 is 0 Å². The molecule has 0 aliphatic rings. The van der Waals surface area contributed by atoms with Gasteiger partial charge in [-0.05, 0) is 18.2 Å². The van der Waals surface area contributed by atoms with Gasteiger partial charge >= 0.3 is 0 Å². The smallest absolute Gasteiger partial charge is 0.263 e. The molecule has 2 aromatic rings. The average molecular weight is 241 g/mol. The number of imidazole rings is 1. The zero-order valence-electron chi connectivity index (χ0n) is 7.52. The van der Waals surface area contributed by atoms with Gasteiger partial charge in [-0.1, -0.05) is 23.2 Å². The Hall–Kier alpha value is -1.32. The van der Waals surface area contributed by atoms with Crippen molar-refractivity contribution >= 4 is 29.1 Å². The lowest BCUT2D eigenvalue weighted by Gasteiger charge is -2.02. The first kappa shape index (κ1) is 10.2. The second-order valence-corrected chi connectivity index (χ2v) is 3.81. The Kier molecular flexibility index (Phi) is 2.75. The summed E-state index contributed by atoms with van der Waals surface area (Å²) in [6, 6.07) is 4.71. The molecule has 0 atom stereocenters. The molecule has 0 aliphatic heterocycles. The van der Waals surface area contributed by atoms with Gasteiger partial charge in [-0.3, -0.25) is 9.36 Å². The summed E-state index contributed by atoms with van der Waals surface area (Å²) >= 11 is 11.6. The maximum atomic E-state index is 11.8. The summed E-state index contributed by atoms with van der Waals surface area (Å²) < 4.78 is 1.36. The topological polar surface area (TPSA) is 34.9 Å². The van der Waals surface area contributed by atoms with E-state index in [2.05, 4.69) is 4.98 Å². The Morgan fingerprint density at radius 2 is 1.87 bits per heavy atom. The molecule has 2 rings (SSSR count). The van der Waals surface area contributed by atoms with Crippen molar-refractivity contribution < 1.29 is 4.79 Å². The molecule has 0 fully saturated rings. The van der Waals surface area contributed by atoms with Gasteiger partial charge in [0.1, 0.15) is 6.33 Å². The van der Waals surface area contributed by atoms with Crippen molar-refractivity contribution in [3.8, 4) is 0 Å². The van der Waals surface area contributed by atoms with Crippen LogP contribution in [0.4, 0.5) is 0 Å². The van der Waals surface area contributed by atoms with Crippen LogP contribution in [0.1, 0.15) is 10.4 Å². The van der Waals surface area contributed by atoms with Crippen molar-refractivity contribution in [2.24, 2.45) is 0 Å². The lowest BCUT2D eigenvalue weighted by atomic mass is 10.2. The molecule has 5 heteroatoms. The van der Waals surface area contributed by atoms with Gasteiger partial charge in [0.15, 0.2) is 0 Å². The van der Waals surface area contributed by atoms with E-state index in [1.54, 1.807) is 24.4 Å². The number of benzene rings is 1. The minimum Gasteiger partial charge on any atom is -0.272 e. The fourth-order valence-electron chi connectivity index (χ4n) is 1.21. The summed E-state index contributed by atoms with van der Waals surface area (Å²) in [6.07, 6.45) is 4.53. The molecule has 0 radical (unpaired) electrons. The van der Waals surface area contributed by atoms with E-state index in [0.717, 1.165) is 0 Å². The van der Waals surface area contributed by atoms with Crippen molar-refractivity contribution in [2.45, 2.75) is 0 Å². The third-order valence-electron chi connectivity index (χ3n) is 1.85. The molecule has 0 N–H and O–H groups in total. The van der Waals surface area contributed by atoms with E-state index < -0.39 is 0 Å². The molecule has 1 heterocycles. The van der Waals surface area contributed by atoms with Gasteiger partial charge in [-0.15, -0.1) is 0 Å². The Morgan fingerprint density at radius 3 is 2.40 bits per heavy atom. The maximum Gasteiger partial charge on any atom is 0.263 e. The third kappa shape index (κ3) is 2.19. The number of halogens is 2. The molecule has 76 valence electrons. The first-order valence-corrected chi connectivity index (χ1v) is 4.91. The lowest BCUT2D eigenvalue weighted by molar-refractivity contribution is 0.0960. The van der Waals surface area contributed by atoms with E-state index in [-0.39, 0.29) is 5.91 Å². The second kappa shape index (κ2) is 4.04. The first-order valence-electron chi connectivity index (χ1n) is 4.15. The summed E-state index contributed by atoms with van der Waals surface area (Å²) in [5, 5.41) is 0.872. The van der Waals surface area contributed by atoms with Crippen molar-refractivity contribution in [2.75, 3.05) is 0 Å². The molecule has 1 aromatic carbocycles. The number of hydrogen-bond acceptors (Lipinski definition) is 2. The molecule has 0 saturated carbocycles. The van der Waals surface area contributed by atoms with Crippen molar-refractivity contribution in [1.29, 1.82) is 0 Å². The van der Waals surface area contributed by atoms with Crippen LogP contribution in [0.25, 0.3) is 0 Å². The van der Waals surface area contributed by atoms with Gasteiger partial charge in [0.2, 0.25) is 0 Å². The standard InChI is InChI=1S/C10H6Cl2N2O/c11-8-3-7(4-9(12)5-8)10(15)14-2-1-13-6-14/h1-6H. The van der Waals surface area contributed by atoms with Gasteiger partial charge in [-0.2, -0.15) is 0 Å². The monoisotopic (exact) mass is 240 g/mol. The molecule has 3 nitrogen and oxygen atoms in total. The fourth-order valence-corrected chi connectivity index (χ4v) is 1.73. The quantitative estimate of drug-likeness (QED) is 0.769. The maximum absolute atomic E-state index is 11.8. The van der Waals surface area contributed by atoms with Crippen LogP contribution in [-0.2, 0) is 0 Å². The van der Waals surface area contributed by atoms with Crippen LogP contribution in [0.2, 0.25) is 10.0 Å². The Balaban J connectivity index is 2.42. The number of nitrogens with zero attached hydrogens (tertiary/aromatic N) is 2. The van der Waals surface area contributed by atoms with Crippen LogP contribution in [0, 0.1) is 0 Å². The molecule has 15 heavy (non-hydrogen) atoms. The first-order chi connectivity index (χ1) is 7.16. The summed E-state index contributed by atoms with van der Waals surface area (Å²) in [4.78, 5) is 15.6. The van der Waals surface area contributed by atoms with E-state index in [4.69, 9.17) is 23.2 Å². The molecule has 0 amide bonds. The molecule has 0 saturated heterocycles. The summed E-state index contributed by atoms with van der Waals surface area (Å²) in [7, 11) is 0. The molecule has 0 bridgehead atoms. The van der Waals surface area contributed by atoms with E-state index >= 15 is 0 Å². The van der Waals surface area contributed by atoms with E-state index in [0.29, 0.717) is 15.6 Å². The predicted octanol–water partition coefficient (Wildman–Crippen LogP) is 2.88. The molecule has 0 spiro atoms. The fraction of sp³-hybridized carbons (Fsp3) is 0. The zero-order chi connectivity index (χ0) is 10.8. The summed E-state index contributed by atoms with van der Waals surface area (Å²) in [6.45, 7) is 0. The third-order valence-corrected chi connectivity index (χ3v) is 2.28. The van der Waals surface area contributed by atoms with Crippen LogP contribution in [0.5, 0.6) is 0 Å². The number of aromatic nitrogens is 2. The lowest BCUT2D eigenvalue weighted by Crippen LogP contribution is -2.09. The zero-order valence-corrected chi connectivity index (χ0v) is 9.03. The molecule has 1 aromatic heterocycles. The second-order valence-electron chi connectivity index (χ2n) is 2.93. The Morgan fingerprint density at radius 1 is 1.20 bits per heavy atom. The van der Waals surface area contributed by atoms with Gasteiger partial charge in [0, 0.05) is 28.0 Å². The van der Waals surface area contributed by atoms with Gasteiger partial charge in [0.05, 0.1) is 0 Å². The van der Waals surface area contributed by atoms with Gasteiger partial charge < -0.3 is 0 Å². The summed E-state index contributed by atoms with van der Waals surface area (Å²) in [5.74, 6) is -0.211. The highest BCUT2D eigenvalue weighted by atomic mass is 35.5. The number of rotatable bonds is 1. The van der Waals surface area contributed by atoms with E-state index in [9.17, 15) is 4.79 Å². The Bertz CT molecular complexity index is 474. The number of hydrogen-bond donors (Lipinski definition) is 0. The van der Waals surface area contributed by atoms with Crippen LogP contribution in [0.15, 0.2) is 36.9 Å². The highest BCUT2D eigenvalue weighted by Crippen LogP contribution is 2.19. The highest BCUT2D eigenvalue weighted by molar-refractivity contribution is 6.35. The predicted molar refractivity (Wildman–Crippen MR) is 58.4 cm³/mol. The normalized spacial score (nSPS) is 10.3. The summed E-state index contributed by atoms with van der Waals surface area (Å²) in [5.41, 5.74) is 0.436. The minimum absolute atomic E-state index is 0.211. The van der Waals surface area contributed by atoms with Gasteiger partial charge in [0.25, 0.3) is 5.91 Å². The van der Waals surface area contributed by atoms with E-state index in [1.165, 1.54) is 17.1 Å². The van der Waals surface area contributed by atoms with Crippen molar-refractivity contribution in [3.05, 3.63) is 52.5 Å². The number of carbonyl (C=O) groups excluding carboxylic acids is 1. The van der Waals surface area contributed by atoms with Crippen LogP contribution in [-0.4, -0.2) is 15.5 Å². The number of carbonyl (C=O) groups is 1. The molecular weight excluding hydrogens is 235 g/mol. The average Bonchev–Trinajstić information content (AvgIpc) is 2.67. The highest BCUT2D eigenvalue weighted by Gasteiger charge is 2.09.